The molecule has 0 fully saturated rings. The number of pyridine rings is 1. The lowest BCUT2D eigenvalue weighted by Gasteiger charge is -2.14. The van der Waals surface area contributed by atoms with Crippen LogP contribution < -0.4 is 10.1 Å². The molecule has 0 aromatic carbocycles. The number of rotatable bonds is 7. The van der Waals surface area contributed by atoms with Crippen LogP contribution in [0.2, 0.25) is 0 Å². The van der Waals surface area contributed by atoms with E-state index in [9.17, 15) is 0 Å². The zero-order chi connectivity index (χ0) is 12.7. The minimum absolute atomic E-state index is 0.123. The summed E-state index contributed by atoms with van der Waals surface area (Å²) in [5.41, 5.74) is 0.911. The van der Waals surface area contributed by atoms with E-state index in [4.69, 9.17) is 9.47 Å². The van der Waals surface area contributed by atoms with Crippen molar-refractivity contribution >= 4 is 5.69 Å². The van der Waals surface area contributed by atoms with E-state index in [0.717, 1.165) is 12.2 Å². The summed E-state index contributed by atoms with van der Waals surface area (Å²) >= 11 is 0. The first-order valence-corrected chi connectivity index (χ1v) is 6.06. The first kappa shape index (κ1) is 13.8. The number of aromatic nitrogens is 1. The molecule has 17 heavy (non-hydrogen) atoms. The van der Waals surface area contributed by atoms with Crippen LogP contribution in [0.3, 0.4) is 0 Å². The molecule has 1 heterocycles. The normalized spacial score (nSPS) is 10.9. The lowest BCUT2D eigenvalue weighted by Crippen LogP contribution is -2.15. The lowest BCUT2D eigenvalue weighted by molar-refractivity contribution is 0.0870. The quantitative estimate of drug-likeness (QED) is 0.742. The molecule has 1 N–H and O–H groups in total. The number of hydrogen-bond donors (Lipinski definition) is 1. The van der Waals surface area contributed by atoms with Crippen molar-refractivity contribution in [2.24, 2.45) is 0 Å². The SMILES string of the molecule is CC(C)OCCNc1cccnc1OC(C)C. The van der Waals surface area contributed by atoms with Gasteiger partial charge >= 0.3 is 0 Å². The highest BCUT2D eigenvalue weighted by Crippen LogP contribution is 2.21. The van der Waals surface area contributed by atoms with E-state index >= 15 is 0 Å². The van der Waals surface area contributed by atoms with Crippen molar-refractivity contribution in [1.82, 2.24) is 4.98 Å². The molecular weight excluding hydrogens is 216 g/mol. The van der Waals surface area contributed by atoms with E-state index < -0.39 is 0 Å². The Hall–Kier alpha value is -1.29. The molecule has 0 aliphatic rings. The van der Waals surface area contributed by atoms with Crippen LogP contribution in [-0.2, 0) is 4.74 Å². The number of nitrogens with zero attached hydrogens (tertiary/aromatic N) is 1. The van der Waals surface area contributed by atoms with Gasteiger partial charge in [0.25, 0.3) is 0 Å². The summed E-state index contributed by atoms with van der Waals surface area (Å²) in [6.45, 7) is 9.45. The van der Waals surface area contributed by atoms with Gasteiger partial charge in [0.05, 0.1) is 24.5 Å². The molecule has 0 atom stereocenters. The third-order valence-electron chi connectivity index (χ3n) is 1.99. The van der Waals surface area contributed by atoms with Gasteiger partial charge in [-0.2, -0.15) is 0 Å². The molecule has 0 radical (unpaired) electrons. The van der Waals surface area contributed by atoms with Crippen molar-refractivity contribution < 1.29 is 9.47 Å². The van der Waals surface area contributed by atoms with Crippen molar-refractivity contribution in [3.05, 3.63) is 18.3 Å². The second-order valence-electron chi connectivity index (χ2n) is 4.37. The van der Waals surface area contributed by atoms with Crippen LogP contribution >= 0.6 is 0 Å². The molecule has 4 nitrogen and oxygen atoms in total. The third kappa shape index (κ3) is 5.54. The fourth-order valence-corrected chi connectivity index (χ4v) is 1.32. The molecular formula is C13H22N2O2. The van der Waals surface area contributed by atoms with Crippen LogP contribution in [0, 0.1) is 0 Å². The maximum Gasteiger partial charge on any atom is 0.237 e. The molecule has 0 aliphatic heterocycles. The van der Waals surface area contributed by atoms with E-state index in [-0.39, 0.29) is 12.2 Å². The van der Waals surface area contributed by atoms with Gasteiger partial charge in [0.2, 0.25) is 5.88 Å². The Morgan fingerprint density at radius 2 is 2.00 bits per heavy atom. The zero-order valence-corrected chi connectivity index (χ0v) is 11.1. The number of anilines is 1. The van der Waals surface area contributed by atoms with E-state index in [1.807, 2.05) is 39.8 Å². The van der Waals surface area contributed by atoms with E-state index in [2.05, 4.69) is 10.3 Å². The van der Waals surface area contributed by atoms with Crippen molar-refractivity contribution in [3.63, 3.8) is 0 Å². The largest absolute Gasteiger partial charge is 0.473 e. The Morgan fingerprint density at radius 3 is 2.65 bits per heavy atom. The van der Waals surface area contributed by atoms with Crippen molar-refractivity contribution in [1.29, 1.82) is 0 Å². The minimum Gasteiger partial charge on any atom is -0.473 e. The first-order chi connectivity index (χ1) is 8.09. The van der Waals surface area contributed by atoms with Crippen molar-refractivity contribution in [2.75, 3.05) is 18.5 Å². The van der Waals surface area contributed by atoms with Gasteiger partial charge in [-0.1, -0.05) is 0 Å². The molecule has 0 unspecified atom stereocenters. The fourth-order valence-electron chi connectivity index (χ4n) is 1.32. The van der Waals surface area contributed by atoms with Gasteiger partial charge in [-0.05, 0) is 39.8 Å². The molecule has 0 saturated heterocycles. The number of hydrogen-bond acceptors (Lipinski definition) is 4. The Bertz CT molecular complexity index is 327. The Morgan fingerprint density at radius 1 is 1.24 bits per heavy atom. The van der Waals surface area contributed by atoms with Crippen LogP contribution in [0.25, 0.3) is 0 Å². The highest BCUT2D eigenvalue weighted by Gasteiger charge is 2.05. The second-order valence-corrected chi connectivity index (χ2v) is 4.37. The van der Waals surface area contributed by atoms with Gasteiger partial charge in [-0.25, -0.2) is 4.98 Å². The summed E-state index contributed by atoms with van der Waals surface area (Å²) in [6.07, 6.45) is 2.11. The standard InChI is InChI=1S/C13H22N2O2/c1-10(2)16-9-8-14-12-6-5-7-15-13(12)17-11(3)4/h5-7,10-11,14H,8-9H2,1-4H3. The van der Waals surface area contributed by atoms with Crippen LogP contribution in [0.1, 0.15) is 27.7 Å². The van der Waals surface area contributed by atoms with Crippen LogP contribution in [0.15, 0.2) is 18.3 Å². The highest BCUT2D eigenvalue weighted by molar-refractivity contribution is 5.51. The maximum absolute atomic E-state index is 5.61. The van der Waals surface area contributed by atoms with Gasteiger partial charge in [0.15, 0.2) is 0 Å². The first-order valence-electron chi connectivity index (χ1n) is 6.06. The molecule has 0 saturated carbocycles. The van der Waals surface area contributed by atoms with Gasteiger partial charge in [0, 0.05) is 12.7 Å². The predicted octanol–water partition coefficient (Wildman–Crippen LogP) is 2.71. The highest BCUT2D eigenvalue weighted by atomic mass is 16.5. The lowest BCUT2D eigenvalue weighted by atomic mass is 10.4. The van der Waals surface area contributed by atoms with Crippen molar-refractivity contribution in [2.45, 2.75) is 39.9 Å². The van der Waals surface area contributed by atoms with Crippen molar-refractivity contribution in [3.8, 4) is 5.88 Å². The smallest absolute Gasteiger partial charge is 0.237 e. The third-order valence-corrected chi connectivity index (χ3v) is 1.99. The molecule has 0 bridgehead atoms. The van der Waals surface area contributed by atoms with Gasteiger partial charge in [-0.3, -0.25) is 0 Å². The molecule has 0 aliphatic carbocycles. The van der Waals surface area contributed by atoms with Gasteiger partial charge in [0.1, 0.15) is 0 Å². The Balaban J connectivity index is 2.46. The number of nitrogens with one attached hydrogen (secondary N) is 1. The molecule has 96 valence electrons. The summed E-state index contributed by atoms with van der Waals surface area (Å²) in [6, 6.07) is 3.85. The zero-order valence-electron chi connectivity index (χ0n) is 11.1. The Kier molecular flexibility index (Phi) is 5.77. The monoisotopic (exact) mass is 238 g/mol. The molecule has 1 aromatic rings. The summed E-state index contributed by atoms with van der Waals surface area (Å²) in [5.74, 6) is 0.645. The van der Waals surface area contributed by atoms with Crippen LogP contribution in [0.5, 0.6) is 5.88 Å². The molecule has 1 rings (SSSR count). The summed E-state index contributed by atoms with van der Waals surface area (Å²) in [4.78, 5) is 4.21. The average molecular weight is 238 g/mol. The van der Waals surface area contributed by atoms with Crippen LogP contribution in [-0.4, -0.2) is 30.3 Å². The minimum atomic E-state index is 0.123. The predicted molar refractivity (Wildman–Crippen MR) is 69.6 cm³/mol. The maximum atomic E-state index is 5.61. The molecule has 4 heteroatoms. The Labute approximate surface area is 103 Å². The summed E-state index contributed by atoms with van der Waals surface area (Å²) in [5, 5.41) is 3.26. The van der Waals surface area contributed by atoms with Gasteiger partial charge in [-0.15, -0.1) is 0 Å². The molecule has 0 spiro atoms. The van der Waals surface area contributed by atoms with E-state index in [1.54, 1.807) is 6.20 Å². The summed E-state index contributed by atoms with van der Waals surface area (Å²) < 4.78 is 11.1. The fraction of sp³-hybridized carbons (Fsp3) is 0.615. The average Bonchev–Trinajstić information content (AvgIpc) is 2.25. The number of ether oxygens (including phenoxy) is 2. The topological polar surface area (TPSA) is 43.4 Å². The van der Waals surface area contributed by atoms with Gasteiger partial charge < -0.3 is 14.8 Å². The molecule has 1 aromatic heterocycles. The van der Waals surface area contributed by atoms with E-state index in [1.165, 1.54) is 0 Å². The van der Waals surface area contributed by atoms with E-state index in [0.29, 0.717) is 12.5 Å². The summed E-state index contributed by atoms with van der Waals surface area (Å²) in [7, 11) is 0. The second kappa shape index (κ2) is 7.12. The van der Waals surface area contributed by atoms with Crippen LogP contribution in [0.4, 0.5) is 5.69 Å². The molecule has 0 amide bonds.